The number of aliphatic carboxylic acids is 1. The van der Waals surface area contributed by atoms with Gasteiger partial charge in [-0.25, -0.2) is 13.2 Å². The number of hydrogen-bond acceptors (Lipinski definition) is 4. The summed E-state index contributed by atoms with van der Waals surface area (Å²) in [5.41, 5.74) is 0.903. The first-order valence-electron chi connectivity index (χ1n) is 8.97. The number of carboxylic acids is 1. The highest BCUT2D eigenvalue weighted by molar-refractivity contribution is 7.89. The van der Waals surface area contributed by atoms with Gasteiger partial charge in [-0.05, 0) is 50.3 Å². The summed E-state index contributed by atoms with van der Waals surface area (Å²) in [4.78, 5) is 25.7. The van der Waals surface area contributed by atoms with Crippen LogP contribution in [0.5, 0.6) is 0 Å². The van der Waals surface area contributed by atoms with E-state index in [4.69, 9.17) is 0 Å². The standard InChI is InChI=1S/C18H24N2O5S/c1-13-7-8-14(26(24,25)19-9-3-2-4-10-19)12-15(13)17(21)20-11-5-6-16(20)18(22)23/h7-8,12,16H,2-6,9-11H2,1H3,(H,22,23). The van der Waals surface area contributed by atoms with E-state index < -0.39 is 27.9 Å². The molecule has 0 aromatic heterocycles. The molecule has 1 atom stereocenters. The van der Waals surface area contributed by atoms with Crippen molar-refractivity contribution in [2.45, 2.75) is 50.0 Å². The quantitative estimate of drug-likeness (QED) is 0.860. The van der Waals surface area contributed by atoms with Gasteiger partial charge in [-0.3, -0.25) is 4.79 Å². The van der Waals surface area contributed by atoms with Gasteiger partial charge >= 0.3 is 5.97 Å². The van der Waals surface area contributed by atoms with E-state index in [9.17, 15) is 23.1 Å². The van der Waals surface area contributed by atoms with Crippen LogP contribution < -0.4 is 0 Å². The molecular weight excluding hydrogens is 356 g/mol. The normalized spacial score (nSPS) is 21.7. The number of piperidine rings is 1. The average molecular weight is 380 g/mol. The van der Waals surface area contributed by atoms with E-state index in [1.165, 1.54) is 21.3 Å². The van der Waals surface area contributed by atoms with E-state index in [1.807, 2.05) is 0 Å². The molecule has 0 bridgehead atoms. The second-order valence-electron chi connectivity index (χ2n) is 6.94. The summed E-state index contributed by atoms with van der Waals surface area (Å²) in [5.74, 6) is -1.44. The third-order valence-electron chi connectivity index (χ3n) is 5.19. The molecule has 1 unspecified atom stereocenters. The predicted octanol–water partition coefficient (Wildman–Crippen LogP) is 1.86. The van der Waals surface area contributed by atoms with Gasteiger partial charge in [-0.2, -0.15) is 4.31 Å². The van der Waals surface area contributed by atoms with Crippen molar-refractivity contribution in [3.63, 3.8) is 0 Å². The molecule has 0 aliphatic carbocycles. The Kier molecular flexibility index (Phi) is 5.34. The summed E-state index contributed by atoms with van der Waals surface area (Å²) >= 11 is 0. The Hall–Kier alpha value is -1.93. The van der Waals surface area contributed by atoms with Crippen LogP contribution in [0.15, 0.2) is 23.1 Å². The van der Waals surface area contributed by atoms with Gasteiger partial charge in [-0.15, -0.1) is 0 Å². The molecule has 2 saturated heterocycles. The van der Waals surface area contributed by atoms with E-state index in [0.717, 1.165) is 19.3 Å². The molecule has 0 spiro atoms. The molecule has 7 nitrogen and oxygen atoms in total. The minimum atomic E-state index is -3.64. The van der Waals surface area contributed by atoms with Crippen LogP contribution in [0.25, 0.3) is 0 Å². The number of rotatable bonds is 4. The Morgan fingerprint density at radius 2 is 1.77 bits per heavy atom. The molecule has 142 valence electrons. The molecule has 3 rings (SSSR count). The number of nitrogens with zero attached hydrogens (tertiary/aromatic N) is 2. The molecular formula is C18H24N2O5S. The Balaban J connectivity index is 1.93. The van der Waals surface area contributed by atoms with E-state index in [1.54, 1.807) is 13.0 Å². The highest BCUT2D eigenvalue weighted by Gasteiger charge is 2.35. The number of amides is 1. The Morgan fingerprint density at radius 1 is 1.08 bits per heavy atom. The number of aryl methyl sites for hydroxylation is 1. The van der Waals surface area contributed by atoms with Crippen LogP contribution in [0.1, 0.15) is 48.0 Å². The highest BCUT2D eigenvalue weighted by Crippen LogP contribution is 2.26. The zero-order valence-electron chi connectivity index (χ0n) is 14.8. The fourth-order valence-corrected chi connectivity index (χ4v) is 5.21. The van der Waals surface area contributed by atoms with Gasteiger partial charge in [0.15, 0.2) is 0 Å². The lowest BCUT2D eigenvalue weighted by Gasteiger charge is -2.26. The molecule has 26 heavy (non-hydrogen) atoms. The number of sulfonamides is 1. The predicted molar refractivity (Wildman–Crippen MR) is 95.5 cm³/mol. The fourth-order valence-electron chi connectivity index (χ4n) is 3.67. The Labute approximate surface area is 153 Å². The molecule has 1 N–H and O–H groups in total. The second kappa shape index (κ2) is 7.36. The van der Waals surface area contributed by atoms with Crippen LogP contribution >= 0.6 is 0 Å². The van der Waals surface area contributed by atoms with Crippen LogP contribution in [-0.2, 0) is 14.8 Å². The molecule has 1 amide bonds. The van der Waals surface area contributed by atoms with Gasteiger partial charge in [0.2, 0.25) is 10.0 Å². The summed E-state index contributed by atoms with van der Waals surface area (Å²) in [6, 6.07) is 3.70. The van der Waals surface area contributed by atoms with Crippen LogP contribution in [0.4, 0.5) is 0 Å². The summed E-state index contributed by atoms with van der Waals surface area (Å²) in [5, 5.41) is 9.31. The zero-order valence-corrected chi connectivity index (χ0v) is 15.7. The number of hydrogen-bond donors (Lipinski definition) is 1. The second-order valence-corrected chi connectivity index (χ2v) is 8.87. The molecule has 2 heterocycles. The van der Waals surface area contributed by atoms with Crippen LogP contribution in [0, 0.1) is 6.92 Å². The zero-order chi connectivity index (χ0) is 18.9. The SMILES string of the molecule is Cc1ccc(S(=O)(=O)N2CCCCC2)cc1C(=O)N1CCCC1C(=O)O. The van der Waals surface area contributed by atoms with Crippen LogP contribution in [0.2, 0.25) is 0 Å². The van der Waals surface area contributed by atoms with Crippen molar-refractivity contribution in [3.8, 4) is 0 Å². The minimum absolute atomic E-state index is 0.0967. The average Bonchev–Trinajstić information content (AvgIpc) is 3.12. The third-order valence-corrected chi connectivity index (χ3v) is 7.09. The van der Waals surface area contributed by atoms with E-state index in [0.29, 0.717) is 38.0 Å². The summed E-state index contributed by atoms with van der Waals surface area (Å²) in [7, 11) is -3.64. The lowest BCUT2D eigenvalue weighted by molar-refractivity contribution is -0.141. The first kappa shape index (κ1) is 18.8. The van der Waals surface area contributed by atoms with Crippen molar-refractivity contribution in [1.82, 2.24) is 9.21 Å². The fraction of sp³-hybridized carbons (Fsp3) is 0.556. The molecule has 0 radical (unpaired) electrons. The molecule has 0 saturated carbocycles. The summed E-state index contributed by atoms with van der Waals surface area (Å²) in [6.45, 7) is 3.09. The number of carbonyl (C=O) groups excluding carboxylic acids is 1. The van der Waals surface area contributed by atoms with Crippen molar-refractivity contribution in [2.24, 2.45) is 0 Å². The lowest BCUT2D eigenvalue weighted by Crippen LogP contribution is -2.41. The monoisotopic (exact) mass is 380 g/mol. The highest BCUT2D eigenvalue weighted by atomic mass is 32.2. The van der Waals surface area contributed by atoms with Crippen molar-refractivity contribution >= 4 is 21.9 Å². The summed E-state index contributed by atoms with van der Waals surface area (Å²) < 4.78 is 27.2. The number of benzene rings is 1. The Morgan fingerprint density at radius 3 is 2.42 bits per heavy atom. The van der Waals surface area contributed by atoms with Gasteiger partial charge in [0.05, 0.1) is 4.90 Å². The topological polar surface area (TPSA) is 95.0 Å². The number of likely N-dealkylation sites (tertiary alicyclic amines) is 1. The van der Waals surface area contributed by atoms with Gasteiger partial charge in [-0.1, -0.05) is 12.5 Å². The number of carboxylic acid groups (broad SMARTS) is 1. The van der Waals surface area contributed by atoms with Crippen LogP contribution in [0.3, 0.4) is 0 Å². The van der Waals surface area contributed by atoms with Crippen molar-refractivity contribution in [1.29, 1.82) is 0 Å². The van der Waals surface area contributed by atoms with Crippen molar-refractivity contribution in [3.05, 3.63) is 29.3 Å². The largest absolute Gasteiger partial charge is 0.480 e. The molecule has 8 heteroatoms. The van der Waals surface area contributed by atoms with E-state index >= 15 is 0 Å². The van der Waals surface area contributed by atoms with Gasteiger partial charge < -0.3 is 10.0 Å². The van der Waals surface area contributed by atoms with Gasteiger partial charge in [0.1, 0.15) is 6.04 Å². The molecule has 2 fully saturated rings. The number of carbonyl (C=O) groups is 2. The summed E-state index contributed by atoms with van der Waals surface area (Å²) in [6.07, 6.45) is 3.75. The van der Waals surface area contributed by atoms with E-state index in [2.05, 4.69) is 0 Å². The first-order chi connectivity index (χ1) is 12.3. The van der Waals surface area contributed by atoms with E-state index in [-0.39, 0.29) is 10.5 Å². The van der Waals surface area contributed by atoms with Crippen molar-refractivity contribution < 1.29 is 23.1 Å². The van der Waals surface area contributed by atoms with Gasteiger partial charge in [0, 0.05) is 25.2 Å². The Bertz CT molecular complexity index is 815. The van der Waals surface area contributed by atoms with Crippen molar-refractivity contribution in [2.75, 3.05) is 19.6 Å². The molecule has 2 aliphatic heterocycles. The minimum Gasteiger partial charge on any atom is -0.480 e. The molecule has 1 aromatic rings. The third kappa shape index (κ3) is 3.48. The first-order valence-corrected chi connectivity index (χ1v) is 10.4. The van der Waals surface area contributed by atoms with Crippen LogP contribution in [-0.4, -0.2) is 60.3 Å². The lowest BCUT2D eigenvalue weighted by atomic mass is 10.1. The maximum absolute atomic E-state index is 12.9. The maximum Gasteiger partial charge on any atom is 0.326 e. The molecule has 1 aromatic carbocycles. The molecule has 2 aliphatic rings. The van der Waals surface area contributed by atoms with Gasteiger partial charge in [0.25, 0.3) is 5.91 Å². The smallest absolute Gasteiger partial charge is 0.326 e. The maximum atomic E-state index is 12.9.